The van der Waals surface area contributed by atoms with E-state index < -0.39 is 48.6 Å². The number of methoxy groups -OCH3 is 2. The van der Waals surface area contributed by atoms with Gasteiger partial charge in [0.05, 0.1) is 42.9 Å². The Bertz CT molecular complexity index is 1960. The Morgan fingerprint density at radius 1 is 0.833 bits per heavy atom. The summed E-state index contributed by atoms with van der Waals surface area (Å²) in [5.41, 5.74) is 3.11. The van der Waals surface area contributed by atoms with Gasteiger partial charge in [0.2, 0.25) is 0 Å². The average Bonchev–Trinajstić information content (AvgIpc) is 3.34. The van der Waals surface area contributed by atoms with Gasteiger partial charge in [-0.15, -0.1) is 0 Å². The highest BCUT2D eigenvalue weighted by Crippen LogP contribution is 2.51. The number of anilines is 2. The van der Waals surface area contributed by atoms with E-state index in [1.165, 1.54) is 0 Å². The Kier molecular flexibility index (Phi) is 9.27. The SMILES string of the molecule is COc1ccc2c(c1)C(C)(C)/C(=C\C1=C(O)C(=CC3N(CCCS(=O)(=O)O)c4ccc(OC)cc4C3(C)C)C1=O)N2CCCS(=O)(=O)O. The van der Waals surface area contributed by atoms with Gasteiger partial charge in [-0.3, -0.25) is 13.9 Å². The lowest BCUT2D eigenvalue weighted by Crippen LogP contribution is -2.42. The zero-order chi connectivity index (χ0) is 35.4. The van der Waals surface area contributed by atoms with Crippen molar-refractivity contribution in [1.82, 2.24) is 0 Å². The van der Waals surface area contributed by atoms with E-state index in [0.29, 0.717) is 17.2 Å². The second-order valence-corrected chi connectivity index (χ2v) is 16.5. The molecule has 2 aromatic carbocycles. The molecule has 2 aliphatic heterocycles. The summed E-state index contributed by atoms with van der Waals surface area (Å²) in [6.45, 7) is 8.43. The number of carbonyl (C=O) groups is 1. The van der Waals surface area contributed by atoms with Crippen molar-refractivity contribution in [3.05, 3.63) is 82.3 Å². The van der Waals surface area contributed by atoms with E-state index in [-0.39, 0.29) is 48.6 Å². The summed E-state index contributed by atoms with van der Waals surface area (Å²) < 4.78 is 75.5. The van der Waals surface area contributed by atoms with Gasteiger partial charge in [-0.05, 0) is 72.5 Å². The van der Waals surface area contributed by atoms with Gasteiger partial charge in [0.25, 0.3) is 20.2 Å². The summed E-state index contributed by atoms with van der Waals surface area (Å²) in [5.74, 6) is -0.142. The minimum Gasteiger partial charge on any atom is -0.506 e. The second kappa shape index (κ2) is 12.6. The molecule has 3 aliphatic rings. The largest absolute Gasteiger partial charge is 0.506 e. The Morgan fingerprint density at radius 2 is 1.38 bits per heavy atom. The number of nitrogens with zero attached hydrogens (tertiary/aromatic N) is 2. The molecule has 0 aromatic heterocycles. The number of allylic oxidation sites excluding steroid dienone is 4. The number of ether oxygens (including phenoxy) is 2. The maximum absolute atomic E-state index is 13.8. The average molecular weight is 703 g/mol. The third kappa shape index (κ3) is 6.58. The molecule has 0 spiro atoms. The smallest absolute Gasteiger partial charge is 0.264 e. The summed E-state index contributed by atoms with van der Waals surface area (Å²) in [5, 5.41) is 11.4. The van der Waals surface area contributed by atoms with Crippen LogP contribution in [0.4, 0.5) is 11.4 Å². The second-order valence-electron chi connectivity index (χ2n) is 13.4. The molecule has 14 heteroatoms. The number of benzene rings is 2. The van der Waals surface area contributed by atoms with E-state index in [2.05, 4.69) is 0 Å². The van der Waals surface area contributed by atoms with Gasteiger partial charge in [0.15, 0.2) is 5.78 Å². The van der Waals surface area contributed by atoms with Gasteiger partial charge >= 0.3 is 0 Å². The van der Waals surface area contributed by atoms with E-state index in [9.17, 15) is 35.8 Å². The molecule has 0 saturated heterocycles. The van der Waals surface area contributed by atoms with Crippen LogP contribution in [0.5, 0.6) is 11.5 Å². The van der Waals surface area contributed by atoms with Crippen LogP contribution in [0.3, 0.4) is 0 Å². The summed E-state index contributed by atoms with van der Waals surface area (Å²) in [4.78, 5) is 17.7. The molecule has 0 amide bonds. The van der Waals surface area contributed by atoms with E-state index in [0.717, 1.165) is 22.5 Å². The fraction of sp³-hybridized carbons (Fsp3) is 0.441. The van der Waals surface area contributed by atoms with Crippen molar-refractivity contribution in [2.75, 3.05) is 48.6 Å². The highest BCUT2D eigenvalue weighted by molar-refractivity contribution is 7.86. The van der Waals surface area contributed by atoms with Gasteiger partial charge in [0, 0.05) is 41.0 Å². The summed E-state index contributed by atoms with van der Waals surface area (Å²) in [6.07, 6.45) is 3.61. The van der Waals surface area contributed by atoms with E-state index in [1.807, 2.05) is 61.8 Å². The van der Waals surface area contributed by atoms with Gasteiger partial charge in [-0.2, -0.15) is 16.8 Å². The predicted octanol–water partition coefficient (Wildman–Crippen LogP) is 4.73. The third-order valence-corrected chi connectivity index (χ3v) is 11.2. The fourth-order valence-corrected chi connectivity index (χ4v) is 7.98. The van der Waals surface area contributed by atoms with E-state index >= 15 is 0 Å². The first-order chi connectivity index (χ1) is 22.3. The number of ketones is 1. The quantitative estimate of drug-likeness (QED) is 0.206. The van der Waals surface area contributed by atoms with E-state index in [4.69, 9.17) is 9.47 Å². The van der Waals surface area contributed by atoms with Crippen LogP contribution >= 0.6 is 0 Å². The van der Waals surface area contributed by atoms with E-state index in [1.54, 1.807) is 38.5 Å². The Morgan fingerprint density at radius 3 is 1.92 bits per heavy atom. The molecule has 0 fully saturated rings. The Balaban J connectivity index is 1.53. The molecule has 260 valence electrons. The van der Waals surface area contributed by atoms with Crippen molar-refractivity contribution in [2.24, 2.45) is 0 Å². The maximum atomic E-state index is 13.8. The normalized spacial score (nSPS) is 21.5. The zero-order valence-electron chi connectivity index (χ0n) is 27.8. The molecule has 2 aromatic rings. The van der Waals surface area contributed by atoms with Crippen LogP contribution in [0.25, 0.3) is 0 Å². The van der Waals surface area contributed by atoms with Crippen LogP contribution in [-0.2, 0) is 35.9 Å². The Hall–Kier alpha value is -3.85. The number of aliphatic hydroxyl groups is 1. The number of hydrogen-bond donors (Lipinski definition) is 3. The van der Waals surface area contributed by atoms with Crippen molar-refractivity contribution < 1.29 is 45.3 Å². The standard InChI is InChI=1S/C34H42N2O10S2/c1-33(2)25-17-21(45-5)9-11-27(25)35(13-7-15-47(39,40)41)29(33)19-23-31(37)24(32(23)38)20-30-34(3,4)26-18-22(46-6)10-12-28(26)36(30)14-8-16-48(42,43)44/h9-12,17-20,29,37H,7-8,13-16H2,1-6H3,(H,39,40,41)(H,42,43,44)/b23-19?,30-20+. The van der Waals surface area contributed by atoms with Crippen molar-refractivity contribution in [3.8, 4) is 11.5 Å². The molecular weight excluding hydrogens is 661 g/mol. The number of fused-ring (bicyclic) bond motifs is 2. The molecular formula is C34H42N2O10S2. The highest BCUT2D eigenvalue weighted by atomic mass is 32.2. The highest BCUT2D eigenvalue weighted by Gasteiger charge is 2.47. The monoisotopic (exact) mass is 702 g/mol. The summed E-state index contributed by atoms with van der Waals surface area (Å²) in [7, 11) is -5.24. The summed E-state index contributed by atoms with van der Waals surface area (Å²) in [6, 6.07) is 10.7. The van der Waals surface area contributed by atoms with Crippen LogP contribution in [0, 0.1) is 0 Å². The number of aliphatic hydroxyl groups excluding tert-OH is 1. The fourth-order valence-electron chi connectivity index (χ4n) is 7.00. The minimum absolute atomic E-state index is 0.108. The lowest BCUT2D eigenvalue weighted by Gasteiger charge is -2.34. The molecule has 1 aliphatic carbocycles. The number of Topliss-reactive ketones (excluding diaryl/α,β-unsaturated/α-hetero) is 1. The molecule has 3 N–H and O–H groups in total. The van der Waals surface area contributed by atoms with Gasteiger partial charge in [0.1, 0.15) is 17.3 Å². The lowest BCUT2D eigenvalue weighted by atomic mass is 9.76. The van der Waals surface area contributed by atoms with Crippen molar-refractivity contribution in [3.63, 3.8) is 0 Å². The predicted molar refractivity (Wildman–Crippen MR) is 183 cm³/mol. The first kappa shape index (κ1) is 35.5. The summed E-state index contributed by atoms with van der Waals surface area (Å²) >= 11 is 0. The minimum atomic E-state index is -4.18. The van der Waals surface area contributed by atoms with Gasteiger partial charge in [-0.25, -0.2) is 0 Å². The van der Waals surface area contributed by atoms with Crippen LogP contribution in [0.15, 0.2) is 71.2 Å². The molecule has 12 nitrogen and oxygen atoms in total. The van der Waals surface area contributed by atoms with Crippen LogP contribution in [0.2, 0.25) is 0 Å². The van der Waals surface area contributed by atoms with Crippen molar-refractivity contribution in [1.29, 1.82) is 0 Å². The third-order valence-electron chi connectivity index (χ3n) is 9.57. The Labute approximate surface area is 281 Å². The van der Waals surface area contributed by atoms with Gasteiger partial charge < -0.3 is 24.4 Å². The first-order valence-corrected chi connectivity index (χ1v) is 18.8. The molecule has 2 heterocycles. The first-order valence-electron chi connectivity index (χ1n) is 15.5. The molecule has 0 saturated carbocycles. The zero-order valence-corrected chi connectivity index (χ0v) is 29.5. The molecule has 1 atom stereocenters. The molecule has 48 heavy (non-hydrogen) atoms. The van der Waals surface area contributed by atoms with Crippen LogP contribution in [0.1, 0.15) is 51.7 Å². The number of carbonyl (C=O) groups excluding carboxylic acids is 1. The molecule has 1 unspecified atom stereocenters. The lowest BCUT2D eigenvalue weighted by molar-refractivity contribution is -0.113. The molecule has 0 bridgehead atoms. The topological polar surface area (TPSA) is 171 Å². The maximum Gasteiger partial charge on any atom is 0.264 e. The molecule has 5 rings (SSSR count). The number of hydrogen-bond acceptors (Lipinski definition) is 10. The van der Waals surface area contributed by atoms with Crippen LogP contribution < -0.4 is 19.3 Å². The van der Waals surface area contributed by atoms with Crippen molar-refractivity contribution in [2.45, 2.75) is 57.4 Å². The molecule has 0 radical (unpaired) electrons. The van der Waals surface area contributed by atoms with Crippen molar-refractivity contribution >= 4 is 37.4 Å². The number of rotatable bonds is 12. The van der Waals surface area contributed by atoms with Gasteiger partial charge in [-0.1, -0.05) is 27.7 Å². The van der Waals surface area contributed by atoms with Crippen LogP contribution in [-0.4, -0.2) is 81.7 Å².